The Morgan fingerprint density at radius 2 is 1.52 bits per heavy atom. The molecule has 3 nitrogen and oxygen atoms in total. The van der Waals surface area contributed by atoms with Gasteiger partial charge in [-0.3, -0.25) is 4.79 Å². The summed E-state index contributed by atoms with van der Waals surface area (Å²) >= 11 is 0. The van der Waals surface area contributed by atoms with Crippen molar-refractivity contribution < 1.29 is 9.53 Å². The van der Waals surface area contributed by atoms with Crippen LogP contribution in [0.25, 0.3) is 0 Å². The maximum atomic E-state index is 12.1. The predicted octanol–water partition coefficient (Wildman–Crippen LogP) is 4.82. The van der Waals surface area contributed by atoms with Gasteiger partial charge in [-0.05, 0) is 67.7 Å². The van der Waals surface area contributed by atoms with Gasteiger partial charge in [0, 0.05) is 19.2 Å². The molecular formula is C22H27NO2. The number of anilines is 1. The number of allylic oxidation sites excluding steroid dienone is 2. The molecule has 1 N–H and O–H groups in total. The lowest BCUT2D eigenvalue weighted by Gasteiger charge is -2.05. The van der Waals surface area contributed by atoms with E-state index in [-0.39, 0.29) is 5.78 Å². The molecule has 0 atom stereocenters. The number of rotatable bonds is 9. The van der Waals surface area contributed by atoms with Crippen LogP contribution in [0.1, 0.15) is 30.9 Å². The molecule has 0 saturated heterocycles. The van der Waals surface area contributed by atoms with Gasteiger partial charge in [0.25, 0.3) is 0 Å². The first-order valence-corrected chi connectivity index (χ1v) is 8.70. The summed E-state index contributed by atoms with van der Waals surface area (Å²) in [7, 11) is 3.57. The summed E-state index contributed by atoms with van der Waals surface area (Å²) in [6, 6.07) is 16.3. The maximum Gasteiger partial charge on any atom is 0.155 e. The molecule has 3 heteroatoms. The minimum absolute atomic E-state index is 0.199. The molecule has 2 rings (SSSR count). The van der Waals surface area contributed by atoms with Crippen molar-refractivity contribution in [1.82, 2.24) is 0 Å². The minimum Gasteiger partial charge on any atom is -0.497 e. The van der Waals surface area contributed by atoms with E-state index in [4.69, 9.17) is 4.74 Å². The van der Waals surface area contributed by atoms with Gasteiger partial charge in [0.1, 0.15) is 5.75 Å². The normalized spacial score (nSPS) is 11.2. The Balaban J connectivity index is 1.78. The van der Waals surface area contributed by atoms with E-state index in [1.807, 2.05) is 38.2 Å². The summed E-state index contributed by atoms with van der Waals surface area (Å²) in [6.45, 7) is 2.03. The Hall–Kier alpha value is -2.55. The molecule has 0 aliphatic rings. The zero-order valence-corrected chi connectivity index (χ0v) is 15.3. The Bertz CT molecular complexity index is 700. The molecule has 0 aromatic heterocycles. The standard InChI is InChI=1S/C22H27NO2/c1-17(4-5-18-9-14-22(25-3)15-10-18)16-21(24)13-8-19-6-11-20(23-2)12-7-19/h6-7,9-12,14-16,23H,4-5,8,13H2,1-3H3/b17-16+. The van der Waals surface area contributed by atoms with Crippen LogP contribution in [0.3, 0.4) is 0 Å². The number of carbonyl (C=O) groups is 1. The van der Waals surface area contributed by atoms with Crippen LogP contribution in [0.5, 0.6) is 5.75 Å². The molecule has 2 aromatic rings. The van der Waals surface area contributed by atoms with Gasteiger partial charge < -0.3 is 10.1 Å². The third kappa shape index (κ3) is 6.46. The highest BCUT2D eigenvalue weighted by molar-refractivity contribution is 5.90. The fourth-order valence-electron chi connectivity index (χ4n) is 2.66. The Morgan fingerprint density at radius 1 is 0.960 bits per heavy atom. The number of aryl methyl sites for hydroxylation is 2. The Labute approximate surface area is 150 Å². The molecule has 25 heavy (non-hydrogen) atoms. The summed E-state index contributed by atoms with van der Waals surface area (Å²) in [4.78, 5) is 12.1. The lowest BCUT2D eigenvalue weighted by atomic mass is 10.0. The number of benzene rings is 2. The fourth-order valence-corrected chi connectivity index (χ4v) is 2.66. The van der Waals surface area contributed by atoms with Crippen molar-refractivity contribution in [2.24, 2.45) is 0 Å². The predicted molar refractivity (Wildman–Crippen MR) is 104 cm³/mol. The SMILES string of the molecule is CNc1ccc(CCC(=O)/C=C(\C)CCc2ccc(OC)cc2)cc1. The average molecular weight is 337 g/mol. The Kier molecular flexibility index (Phi) is 7.27. The van der Waals surface area contributed by atoms with Crippen LogP contribution in [0.15, 0.2) is 60.2 Å². The molecule has 0 aliphatic carbocycles. The highest BCUT2D eigenvalue weighted by atomic mass is 16.5. The molecule has 132 valence electrons. The maximum absolute atomic E-state index is 12.1. The van der Waals surface area contributed by atoms with Gasteiger partial charge in [-0.1, -0.05) is 29.8 Å². The molecule has 0 fully saturated rings. The van der Waals surface area contributed by atoms with Crippen molar-refractivity contribution in [1.29, 1.82) is 0 Å². The van der Waals surface area contributed by atoms with Gasteiger partial charge in [-0.2, -0.15) is 0 Å². The van der Waals surface area contributed by atoms with Gasteiger partial charge in [-0.25, -0.2) is 0 Å². The topological polar surface area (TPSA) is 38.3 Å². The molecule has 0 saturated carbocycles. The molecule has 0 bridgehead atoms. The van der Waals surface area contributed by atoms with Gasteiger partial charge in [0.05, 0.1) is 7.11 Å². The number of methoxy groups -OCH3 is 1. The van der Waals surface area contributed by atoms with E-state index in [1.165, 1.54) is 11.1 Å². The van der Waals surface area contributed by atoms with Crippen molar-refractivity contribution in [3.8, 4) is 5.75 Å². The van der Waals surface area contributed by atoms with E-state index in [0.29, 0.717) is 6.42 Å². The zero-order valence-electron chi connectivity index (χ0n) is 15.3. The second-order valence-corrected chi connectivity index (χ2v) is 6.25. The number of hydrogen-bond donors (Lipinski definition) is 1. The third-order valence-corrected chi connectivity index (χ3v) is 4.28. The second-order valence-electron chi connectivity index (χ2n) is 6.25. The smallest absolute Gasteiger partial charge is 0.155 e. The highest BCUT2D eigenvalue weighted by Gasteiger charge is 2.02. The summed E-state index contributed by atoms with van der Waals surface area (Å²) in [5.41, 5.74) is 4.66. The minimum atomic E-state index is 0.199. The molecular weight excluding hydrogens is 310 g/mol. The van der Waals surface area contributed by atoms with Gasteiger partial charge in [-0.15, -0.1) is 0 Å². The summed E-state index contributed by atoms with van der Waals surface area (Å²) in [5.74, 6) is 1.07. The van der Waals surface area contributed by atoms with E-state index in [2.05, 4.69) is 29.6 Å². The number of hydrogen-bond acceptors (Lipinski definition) is 3. The van der Waals surface area contributed by atoms with Crippen molar-refractivity contribution in [3.63, 3.8) is 0 Å². The van der Waals surface area contributed by atoms with Crippen LogP contribution in [0.4, 0.5) is 5.69 Å². The molecule has 0 radical (unpaired) electrons. The van der Waals surface area contributed by atoms with Gasteiger partial charge in [0.15, 0.2) is 5.78 Å². The first-order valence-electron chi connectivity index (χ1n) is 8.70. The summed E-state index contributed by atoms with van der Waals surface area (Å²) in [5, 5.41) is 3.10. The lowest BCUT2D eigenvalue weighted by Crippen LogP contribution is -1.98. The summed E-state index contributed by atoms with van der Waals surface area (Å²) in [6.07, 6.45) is 4.97. The number of carbonyl (C=O) groups excluding carboxylic acids is 1. The van der Waals surface area contributed by atoms with Crippen LogP contribution >= 0.6 is 0 Å². The molecule has 0 unspecified atom stereocenters. The first kappa shape index (κ1) is 18.8. The van der Waals surface area contributed by atoms with Crippen molar-refractivity contribution >= 4 is 11.5 Å². The molecule has 0 amide bonds. The molecule has 0 aliphatic heterocycles. The first-order chi connectivity index (χ1) is 12.1. The van der Waals surface area contributed by atoms with Gasteiger partial charge in [0.2, 0.25) is 0 Å². The lowest BCUT2D eigenvalue weighted by molar-refractivity contribution is -0.114. The number of ether oxygens (including phenoxy) is 1. The Morgan fingerprint density at radius 3 is 2.08 bits per heavy atom. The zero-order chi connectivity index (χ0) is 18.1. The largest absolute Gasteiger partial charge is 0.497 e. The van der Waals surface area contributed by atoms with E-state index in [1.54, 1.807) is 13.2 Å². The van der Waals surface area contributed by atoms with Crippen LogP contribution in [0.2, 0.25) is 0 Å². The highest BCUT2D eigenvalue weighted by Crippen LogP contribution is 2.15. The summed E-state index contributed by atoms with van der Waals surface area (Å²) < 4.78 is 5.16. The molecule has 2 aromatic carbocycles. The van der Waals surface area contributed by atoms with E-state index in [9.17, 15) is 4.79 Å². The van der Waals surface area contributed by atoms with E-state index >= 15 is 0 Å². The van der Waals surface area contributed by atoms with Crippen LogP contribution < -0.4 is 10.1 Å². The van der Waals surface area contributed by atoms with Crippen LogP contribution in [0, 0.1) is 0 Å². The van der Waals surface area contributed by atoms with Crippen molar-refractivity contribution in [2.75, 3.05) is 19.5 Å². The molecule has 0 spiro atoms. The van der Waals surface area contributed by atoms with E-state index < -0.39 is 0 Å². The van der Waals surface area contributed by atoms with Crippen molar-refractivity contribution in [3.05, 3.63) is 71.3 Å². The van der Waals surface area contributed by atoms with Gasteiger partial charge >= 0.3 is 0 Å². The monoisotopic (exact) mass is 337 g/mol. The quantitative estimate of drug-likeness (QED) is 0.667. The van der Waals surface area contributed by atoms with Crippen LogP contribution in [-0.2, 0) is 17.6 Å². The second kappa shape index (κ2) is 9.67. The fraction of sp³-hybridized carbons (Fsp3) is 0.318. The number of ketones is 1. The van der Waals surface area contributed by atoms with Crippen LogP contribution in [-0.4, -0.2) is 19.9 Å². The average Bonchev–Trinajstić information content (AvgIpc) is 2.65. The van der Waals surface area contributed by atoms with Crippen molar-refractivity contribution in [2.45, 2.75) is 32.6 Å². The molecule has 0 heterocycles. The third-order valence-electron chi connectivity index (χ3n) is 4.28. The van der Waals surface area contributed by atoms with E-state index in [0.717, 1.165) is 36.3 Å². The number of nitrogens with one attached hydrogen (secondary N) is 1.